The summed E-state index contributed by atoms with van der Waals surface area (Å²) in [7, 11) is 0. The molecule has 5 heteroatoms. The number of halogens is 1. The number of carbonyl (C=O) groups excluding carboxylic acids is 1. The van der Waals surface area contributed by atoms with E-state index in [9.17, 15) is 9.18 Å². The van der Waals surface area contributed by atoms with E-state index in [4.69, 9.17) is 0 Å². The van der Waals surface area contributed by atoms with Crippen LogP contribution in [0.5, 0.6) is 0 Å². The molecule has 0 N–H and O–H groups in total. The lowest BCUT2D eigenvalue weighted by Gasteiger charge is -2.47. The second kappa shape index (κ2) is 7.54. The Hall–Kier alpha value is -2.27. The second-order valence-corrected chi connectivity index (χ2v) is 7.34. The number of piperidine rings is 2. The predicted octanol–water partition coefficient (Wildman–Crippen LogP) is 3.35. The molecule has 1 amide bonds. The minimum absolute atomic E-state index is 0.113. The summed E-state index contributed by atoms with van der Waals surface area (Å²) in [5, 5.41) is 0. The van der Waals surface area contributed by atoms with Crippen molar-refractivity contribution in [3.63, 3.8) is 0 Å². The lowest BCUT2D eigenvalue weighted by Crippen LogP contribution is -2.54. The van der Waals surface area contributed by atoms with E-state index in [-0.39, 0.29) is 11.7 Å². The maximum atomic E-state index is 13.1. The molecule has 136 valence electrons. The Labute approximate surface area is 153 Å². The number of hydrogen-bond acceptors (Lipinski definition) is 3. The van der Waals surface area contributed by atoms with Crippen molar-refractivity contribution in [2.45, 2.75) is 31.8 Å². The van der Waals surface area contributed by atoms with E-state index in [2.05, 4.69) is 9.88 Å². The lowest BCUT2D eigenvalue weighted by molar-refractivity contribution is 0.0175. The van der Waals surface area contributed by atoms with Crippen LogP contribution in [0.2, 0.25) is 0 Å². The van der Waals surface area contributed by atoms with Gasteiger partial charge in [0.15, 0.2) is 0 Å². The van der Waals surface area contributed by atoms with Crippen LogP contribution in [-0.2, 0) is 6.54 Å². The van der Waals surface area contributed by atoms with Gasteiger partial charge in [0.1, 0.15) is 5.82 Å². The van der Waals surface area contributed by atoms with E-state index in [0.717, 1.165) is 50.1 Å². The molecule has 3 heterocycles. The number of aromatic nitrogens is 1. The van der Waals surface area contributed by atoms with Gasteiger partial charge >= 0.3 is 0 Å². The Bertz CT molecular complexity index is 750. The van der Waals surface area contributed by atoms with Crippen molar-refractivity contribution in [3.05, 3.63) is 65.7 Å². The Morgan fingerprint density at radius 2 is 1.85 bits per heavy atom. The third kappa shape index (κ3) is 3.63. The van der Waals surface area contributed by atoms with Crippen LogP contribution < -0.4 is 0 Å². The van der Waals surface area contributed by atoms with Crippen LogP contribution in [0.4, 0.5) is 4.39 Å². The van der Waals surface area contributed by atoms with Crippen LogP contribution >= 0.6 is 0 Å². The number of rotatable bonds is 3. The summed E-state index contributed by atoms with van der Waals surface area (Å²) in [6.07, 6.45) is 6.67. The maximum Gasteiger partial charge on any atom is 0.253 e. The van der Waals surface area contributed by atoms with Gasteiger partial charge in [0, 0.05) is 43.6 Å². The number of amides is 1. The van der Waals surface area contributed by atoms with Gasteiger partial charge in [-0.05, 0) is 61.6 Å². The van der Waals surface area contributed by atoms with E-state index < -0.39 is 0 Å². The average Bonchev–Trinajstić information content (AvgIpc) is 2.69. The SMILES string of the molecule is O=C(c1ccncc1)N1CC[C@H]2[C@H](CCCN2Cc2ccc(F)cc2)C1. The first-order valence-electron chi connectivity index (χ1n) is 9.38. The Balaban J connectivity index is 1.42. The first kappa shape index (κ1) is 17.2. The molecule has 0 saturated carbocycles. The van der Waals surface area contributed by atoms with Gasteiger partial charge in [0.2, 0.25) is 0 Å². The number of likely N-dealkylation sites (tertiary alicyclic amines) is 2. The molecule has 2 aromatic rings. The van der Waals surface area contributed by atoms with Gasteiger partial charge in [-0.2, -0.15) is 0 Å². The van der Waals surface area contributed by atoms with Crippen molar-refractivity contribution in [1.82, 2.24) is 14.8 Å². The molecule has 26 heavy (non-hydrogen) atoms. The van der Waals surface area contributed by atoms with Gasteiger partial charge in [-0.3, -0.25) is 14.7 Å². The average molecular weight is 353 g/mol. The number of fused-ring (bicyclic) bond motifs is 1. The first-order valence-corrected chi connectivity index (χ1v) is 9.38. The zero-order valence-electron chi connectivity index (χ0n) is 14.9. The molecule has 2 aliphatic rings. The van der Waals surface area contributed by atoms with Crippen molar-refractivity contribution in [2.24, 2.45) is 5.92 Å². The number of hydrogen-bond donors (Lipinski definition) is 0. The van der Waals surface area contributed by atoms with E-state index in [1.165, 1.54) is 18.6 Å². The summed E-state index contributed by atoms with van der Waals surface area (Å²) in [5.41, 5.74) is 1.87. The van der Waals surface area contributed by atoms with E-state index in [1.54, 1.807) is 24.5 Å². The van der Waals surface area contributed by atoms with Crippen molar-refractivity contribution in [2.75, 3.05) is 19.6 Å². The lowest BCUT2D eigenvalue weighted by atomic mass is 9.83. The number of pyridine rings is 1. The van der Waals surface area contributed by atoms with Crippen molar-refractivity contribution >= 4 is 5.91 Å². The molecule has 4 nitrogen and oxygen atoms in total. The molecule has 2 aliphatic heterocycles. The molecule has 2 fully saturated rings. The summed E-state index contributed by atoms with van der Waals surface area (Å²) in [6.45, 7) is 3.56. The topological polar surface area (TPSA) is 36.4 Å². The van der Waals surface area contributed by atoms with E-state index in [0.29, 0.717) is 12.0 Å². The van der Waals surface area contributed by atoms with Gasteiger partial charge in [0.25, 0.3) is 5.91 Å². The largest absolute Gasteiger partial charge is 0.338 e. The first-order chi connectivity index (χ1) is 12.7. The highest BCUT2D eigenvalue weighted by atomic mass is 19.1. The fraction of sp³-hybridized carbons (Fsp3) is 0.429. The molecule has 0 radical (unpaired) electrons. The summed E-state index contributed by atoms with van der Waals surface area (Å²) >= 11 is 0. The molecule has 2 atom stereocenters. The van der Waals surface area contributed by atoms with Crippen LogP contribution in [0.25, 0.3) is 0 Å². The quantitative estimate of drug-likeness (QED) is 0.849. The highest BCUT2D eigenvalue weighted by molar-refractivity contribution is 5.94. The normalized spacial score (nSPS) is 23.5. The molecule has 1 aromatic carbocycles. The standard InChI is InChI=1S/C21H24FN3O/c22-19-5-3-16(4-6-19)14-24-12-1-2-18-15-25(13-9-20(18)24)21(26)17-7-10-23-11-8-17/h3-8,10-11,18,20H,1-2,9,12-15H2/t18-,20+/m1/s1. The highest BCUT2D eigenvalue weighted by Crippen LogP contribution is 2.32. The van der Waals surface area contributed by atoms with E-state index >= 15 is 0 Å². The molecular weight excluding hydrogens is 329 g/mol. The van der Waals surface area contributed by atoms with Crippen LogP contribution in [0.1, 0.15) is 35.2 Å². The molecule has 1 aromatic heterocycles. The monoisotopic (exact) mass is 353 g/mol. The summed E-state index contributed by atoms with van der Waals surface area (Å²) in [5.74, 6) is 0.443. The fourth-order valence-corrected chi connectivity index (χ4v) is 4.39. The van der Waals surface area contributed by atoms with Gasteiger partial charge < -0.3 is 4.90 Å². The van der Waals surface area contributed by atoms with Gasteiger partial charge in [0.05, 0.1) is 0 Å². The number of carbonyl (C=O) groups is 1. The summed E-state index contributed by atoms with van der Waals surface area (Å²) < 4.78 is 13.1. The van der Waals surface area contributed by atoms with Gasteiger partial charge in [-0.1, -0.05) is 12.1 Å². The Morgan fingerprint density at radius 3 is 2.62 bits per heavy atom. The molecule has 0 spiro atoms. The minimum atomic E-state index is -0.187. The van der Waals surface area contributed by atoms with Crippen molar-refractivity contribution in [1.29, 1.82) is 0 Å². The zero-order chi connectivity index (χ0) is 17.9. The third-order valence-electron chi connectivity index (χ3n) is 5.70. The molecule has 4 rings (SSSR count). The molecule has 0 aliphatic carbocycles. The predicted molar refractivity (Wildman–Crippen MR) is 98.1 cm³/mol. The zero-order valence-corrected chi connectivity index (χ0v) is 14.9. The number of nitrogens with zero attached hydrogens (tertiary/aromatic N) is 3. The van der Waals surface area contributed by atoms with Gasteiger partial charge in [-0.25, -0.2) is 4.39 Å². The second-order valence-electron chi connectivity index (χ2n) is 7.34. The summed E-state index contributed by atoms with van der Waals surface area (Å²) in [6, 6.07) is 10.9. The molecule has 0 unspecified atom stereocenters. The molecular formula is C21H24FN3O. The van der Waals surface area contributed by atoms with Crippen LogP contribution in [0.15, 0.2) is 48.8 Å². The Morgan fingerprint density at radius 1 is 1.08 bits per heavy atom. The van der Waals surface area contributed by atoms with Crippen LogP contribution in [0, 0.1) is 11.7 Å². The van der Waals surface area contributed by atoms with Gasteiger partial charge in [-0.15, -0.1) is 0 Å². The minimum Gasteiger partial charge on any atom is -0.338 e. The highest BCUT2D eigenvalue weighted by Gasteiger charge is 2.37. The van der Waals surface area contributed by atoms with E-state index in [1.807, 2.05) is 17.0 Å². The van der Waals surface area contributed by atoms with Crippen molar-refractivity contribution < 1.29 is 9.18 Å². The van der Waals surface area contributed by atoms with Crippen LogP contribution in [0.3, 0.4) is 0 Å². The Kier molecular flexibility index (Phi) is 4.98. The van der Waals surface area contributed by atoms with Crippen molar-refractivity contribution in [3.8, 4) is 0 Å². The molecule has 0 bridgehead atoms. The fourth-order valence-electron chi connectivity index (χ4n) is 4.39. The molecule has 2 saturated heterocycles. The van der Waals surface area contributed by atoms with Crippen LogP contribution in [-0.4, -0.2) is 46.4 Å². The maximum absolute atomic E-state index is 13.1. The summed E-state index contributed by atoms with van der Waals surface area (Å²) in [4.78, 5) is 21.2. The number of benzene rings is 1. The smallest absolute Gasteiger partial charge is 0.253 e. The third-order valence-corrected chi connectivity index (χ3v) is 5.70.